The second kappa shape index (κ2) is 7.83. The van der Waals surface area contributed by atoms with Crippen LogP contribution in [0.15, 0.2) is 45.9 Å². The number of hydrogen-bond donors (Lipinski definition) is 3. The monoisotopic (exact) mass is 393 g/mol. The Bertz CT molecular complexity index is 758. The van der Waals surface area contributed by atoms with Crippen molar-refractivity contribution in [2.24, 2.45) is 4.99 Å². The van der Waals surface area contributed by atoms with Gasteiger partial charge in [0, 0.05) is 22.7 Å². The van der Waals surface area contributed by atoms with Gasteiger partial charge >= 0.3 is 5.97 Å². The van der Waals surface area contributed by atoms with Crippen LogP contribution in [0.1, 0.15) is 11.1 Å². The molecule has 2 aromatic carbocycles. The van der Waals surface area contributed by atoms with Crippen LogP contribution in [0.5, 0.6) is 17.2 Å². The topological polar surface area (TPSA) is 99.4 Å². The molecule has 126 valence electrons. The van der Waals surface area contributed by atoms with Crippen LogP contribution in [-0.4, -0.2) is 40.7 Å². The van der Waals surface area contributed by atoms with Crippen molar-refractivity contribution >= 4 is 28.1 Å². The molecule has 0 aliphatic heterocycles. The first-order valence-electron chi connectivity index (χ1n) is 7.01. The standard InChI is InChI=1S/C17H16BrNO5/c1-24-17(23)14(6-10-2-4-13(20)5-3-10)19-9-11-7-12(18)8-15(21)16(11)22/h2-5,7-9,14,20-22H,6H2,1H3. The number of ether oxygens (including phenoxy) is 1. The molecule has 0 bridgehead atoms. The maximum atomic E-state index is 11.9. The van der Waals surface area contributed by atoms with Crippen molar-refractivity contribution in [3.05, 3.63) is 52.0 Å². The fraction of sp³-hybridized carbons (Fsp3) is 0.176. The molecule has 0 heterocycles. The molecular formula is C17H16BrNO5. The Labute approximate surface area is 147 Å². The number of carbonyl (C=O) groups excluding carboxylic acids is 1. The second-order valence-electron chi connectivity index (χ2n) is 5.05. The van der Waals surface area contributed by atoms with Gasteiger partial charge in [0.15, 0.2) is 17.5 Å². The fourth-order valence-electron chi connectivity index (χ4n) is 2.06. The first-order chi connectivity index (χ1) is 11.4. The van der Waals surface area contributed by atoms with Gasteiger partial charge in [0.25, 0.3) is 0 Å². The van der Waals surface area contributed by atoms with E-state index in [4.69, 9.17) is 4.74 Å². The highest BCUT2D eigenvalue weighted by Gasteiger charge is 2.18. The number of halogens is 1. The zero-order chi connectivity index (χ0) is 17.7. The van der Waals surface area contributed by atoms with Gasteiger partial charge in [-0.05, 0) is 29.8 Å². The summed E-state index contributed by atoms with van der Waals surface area (Å²) in [4.78, 5) is 16.1. The summed E-state index contributed by atoms with van der Waals surface area (Å²) in [5.41, 5.74) is 1.06. The number of methoxy groups -OCH3 is 1. The van der Waals surface area contributed by atoms with Crippen molar-refractivity contribution in [3.8, 4) is 17.2 Å². The number of aromatic hydroxyl groups is 3. The number of aliphatic imine (C=N–C) groups is 1. The maximum Gasteiger partial charge on any atom is 0.330 e. The lowest BCUT2D eigenvalue weighted by atomic mass is 10.1. The first-order valence-corrected chi connectivity index (χ1v) is 7.80. The number of carbonyl (C=O) groups is 1. The summed E-state index contributed by atoms with van der Waals surface area (Å²) in [5, 5.41) is 28.8. The number of rotatable bonds is 5. The number of hydrogen-bond acceptors (Lipinski definition) is 6. The molecule has 0 saturated carbocycles. The summed E-state index contributed by atoms with van der Waals surface area (Å²) in [7, 11) is 1.27. The van der Waals surface area contributed by atoms with Crippen LogP contribution in [0.3, 0.4) is 0 Å². The van der Waals surface area contributed by atoms with Crippen LogP contribution in [-0.2, 0) is 16.0 Å². The molecule has 0 saturated heterocycles. The quantitative estimate of drug-likeness (QED) is 0.412. The van der Waals surface area contributed by atoms with Gasteiger partial charge in [-0.3, -0.25) is 4.99 Å². The molecule has 2 aromatic rings. The molecule has 0 amide bonds. The molecule has 0 aliphatic carbocycles. The highest BCUT2D eigenvalue weighted by molar-refractivity contribution is 9.10. The third kappa shape index (κ3) is 4.48. The summed E-state index contributed by atoms with van der Waals surface area (Å²) in [5.74, 6) is -1.02. The maximum absolute atomic E-state index is 11.9. The van der Waals surface area contributed by atoms with Crippen molar-refractivity contribution in [2.45, 2.75) is 12.5 Å². The normalized spacial score (nSPS) is 12.2. The molecule has 3 N–H and O–H groups in total. The van der Waals surface area contributed by atoms with Crippen molar-refractivity contribution in [3.63, 3.8) is 0 Å². The van der Waals surface area contributed by atoms with Crippen LogP contribution >= 0.6 is 15.9 Å². The third-order valence-electron chi connectivity index (χ3n) is 3.32. The molecule has 0 radical (unpaired) electrons. The average molecular weight is 394 g/mol. The molecule has 0 spiro atoms. The van der Waals surface area contributed by atoms with Crippen LogP contribution in [0, 0.1) is 0 Å². The molecule has 1 atom stereocenters. The molecule has 0 fully saturated rings. The molecular weight excluding hydrogens is 378 g/mol. The average Bonchev–Trinajstić information content (AvgIpc) is 2.56. The Morgan fingerprint density at radius 2 is 1.92 bits per heavy atom. The van der Waals surface area contributed by atoms with Gasteiger partial charge in [-0.25, -0.2) is 4.79 Å². The van der Waals surface area contributed by atoms with E-state index >= 15 is 0 Å². The van der Waals surface area contributed by atoms with E-state index in [1.807, 2.05) is 0 Å². The molecule has 0 aromatic heterocycles. The smallest absolute Gasteiger partial charge is 0.330 e. The number of phenols is 3. The predicted molar refractivity (Wildman–Crippen MR) is 92.7 cm³/mol. The molecule has 0 aliphatic rings. The van der Waals surface area contributed by atoms with E-state index in [1.165, 1.54) is 31.5 Å². The van der Waals surface area contributed by atoms with E-state index in [1.54, 1.807) is 18.2 Å². The van der Waals surface area contributed by atoms with Gasteiger partial charge in [-0.15, -0.1) is 0 Å². The molecule has 2 rings (SSSR count). The SMILES string of the molecule is COC(=O)C(Cc1ccc(O)cc1)N=Cc1cc(Br)cc(O)c1O. The minimum absolute atomic E-state index is 0.131. The lowest BCUT2D eigenvalue weighted by Gasteiger charge is -2.11. The van der Waals surface area contributed by atoms with Gasteiger partial charge in [-0.2, -0.15) is 0 Å². The zero-order valence-corrected chi connectivity index (χ0v) is 14.4. The Balaban J connectivity index is 2.26. The van der Waals surface area contributed by atoms with Crippen LogP contribution < -0.4 is 0 Å². The Kier molecular flexibility index (Phi) is 5.81. The van der Waals surface area contributed by atoms with E-state index in [2.05, 4.69) is 20.9 Å². The minimum Gasteiger partial charge on any atom is -0.508 e. The molecule has 6 nitrogen and oxygen atoms in total. The van der Waals surface area contributed by atoms with E-state index in [0.717, 1.165) is 5.56 Å². The lowest BCUT2D eigenvalue weighted by Crippen LogP contribution is -2.23. The molecule has 7 heteroatoms. The summed E-state index contributed by atoms with van der Waals surface area (Å²) in [6.07, 6.45) is 1.58. The van der Waals surface area contributed by atoms with Gasteiger partial charge in [0.2, 0.25) is 0 Å². The van der Waals surface area contributed by atoms with Crippen molar-refractivity contribution < 1.29 is 24.9 Å². The zero-order valence-electron chi connectivity index (χ0n) is 12.8. The van der Waals surface area contributed by atoms with E-state index in [9.17, 15) is 20.1 Å². The first kappa shape index (κ1) is 17.8. The summed E-state index contributed by atoms with van der Waals surface area (Å²) in [6.45, 7) is 0. The van der Waals surface area contributed by atoms with Gasteiger partial charge in [0.05, 0.1) is 7.11 Å². The second-order valence-corrected chi connectivity index (χ2v) is 5.97. The minimum atomic E-state index is -0.819. The summed E-state index contributed by atoms with van der Waals surface area (Å²) >= 11 is 3.21. The van der Waals surface area contributed by atoms with Crippen LogP contribution in [0.4, 0.5) is 0 Å². The van der Waals surface area contributed by atoms with Gasteiger partial charge in [-0.1, -0.05) is 28.1 Å². The number of nitrogens with zero attached hydrogens (tertiary/aromatic N) is 1. The predicted octanol–water partition coefficient (Wildman–Crippen LogP) is 2.77. The lowest BCUT2D eigenvalue weighted by molar-refractivity contribution is -0.142. The number of phenolic OH excluding ortho intramolecular Hbond substituents is 3. The van der Waals surface area contributed by atoms with Gasteiger partial charge in [0.1, 0.15) is 5.75 Å². The number of benzene rings is 2. The van der Waals surface area contributed by atoms with Crippen molar-refractivity contribution in [2.75, 3.05) is 7.11 Å². The van der Waals surface area contributed by atoms with E-state index in [-0.39, 0.29) is 29.2 Å². The third-order valence-corrected chi connectivity index (χ3v) is 3.77. The molecule has 24 heavy (non-hydrogen) atoms. The molecule has 1 unspecified atom stereocenters. The van der Waals surface area contributed by atoms with Crippen LogP contribution in [0.25, 0.3) is 0 Å². The largest absolute Gasteiger partial charge is 0.508 e. The highest BCUT2D eigenvalue weighted by atomic mass is 79.9. The van der Waals surface area contributed by atoms with E-state index < -0.39 is 12.0 Å². The Morgan fingerprint density at radius 1 is 1.25 bits per heavy atom. The Hall–Kier alpha value is -2.54. The summed E-state index contributed by atoms with van der Waals surface area (Å²) < 4.78 is 5.31. The summed E-state index contributed by atoms with van der Waals surface area (Å²) in [6, 6.07) is 8.50. The number of esters is 1. The van der Waals surface area contributed by atoms with Crippen molar-refractivity contribution in [1.82, 2.24) is 0 Å². The van der Waals surface area contributed by atoms with Crippen LogP contribution in [0.2, 0.25) is 0 Å². The fourth-order valence-corrected chi connectivity index (χ4v) is 2.53. The van der Waals surface area contributed by atoms with Crippen molar-refractivity contribution in [1.29, 1.82) is 0 Å². The van der Waals surface area contributed by atoms with E-state index in [0.29, 0.717) is 4.47 Å². The van der Waals surface area contributed by atoms with Gasteiger partial charge < -0.3 is 20.1 Å². The highest BCUT2D eigenvalue weighted by Crippen LogP contribution is 2.31. The Morgan fingerprint density at radius 3 is 2.54 bits per heavy atom.